The quantitative estimate of drug-likeness (QED) is 0.700. The Morgan fingerprint density at radius 2 is 1.69 bits per heavy atom. The molecule has 1 atom stereocenters. The Bertz CT molecular complexity index is 1080. The van der Waals surface area contributed by atoms with Gasteiger partial charge in [-0.1, -0.05) is 36.4 Å². The van der Waals surface area contributed by atoms with Gasteiger partial charge in [-0.3, -0.25) is 4.90 Å². The molecule has 2 aromatic rings. The second kappa shape index (κ2) is 8.87. The summed E-state index contributed by atoms with van der Waals surface area (Å²) in [5.41, 5.74) is 7.13. The molecule has 2 aliphatic carbocycles. The smallest absolute Gasteiger partial charge is 0.307 e. The molecule has 2 N–H and O–H groups in total. The fourth-order valence-electron chi connectivity index (χ4n) is 5.63. The molecule has 3 aliphatic rings. The van der Waals surface area contributed by atoms with Gasteiger partial charge in [0, 0.05) is 18.8 Å². The number of nitrogens with zero attached hydrogens (tertiary/aromatic N) is 1. The number of anilines is 1. The van der Waals surface area contributed by atoms with Gasteiger partial charge in [0.2, 0.25) is 10.0 Å². The van der Waals surface area contributed by atoms with E-state index < -0.39 is 16.1 Å². The van der Waals surface area contributed by atoms with E-state index in [-0.39, 0.29) is 11.7 Å². The van der Waals surface area contributed by atoms with E-state index in [2.05, 4.69) is 33.1 Å². The number of rotatable bonds is 6. The second-order valence-corrected chi connectivity index (χ2v) is 11.2. The summed E-state index contributed by atoms with van der Waals surface area (Å²) in [6.45, 7) is 2.44. The molecular formula is C25H31N3O3S. The minimum Gasteiger partial charge on any atom is -0.307 e. The topological polar surface area (TPSA) is 78.5 Å². The van der Waals surface area contributed by atoms with Crippen molar-refractivity contribution in [2.24, 2.45) is 5.92 Å². The van der Waals surface area contributed by atoms with Crippen molar-refractivity contribution in [3.63, 3.8) is 0 Å². The molecule has 0 saturated carbocycles. The SMILES string of the molecule is O=C(Nc1c2c(cc3c1CCC3)CCC2)NS(=O)(=O)CC1CCN(Cc2ccccc2)C1. The number of hydrogen-bond acceptors (Lipinski definition) is 4. The van der Waals surface area contributed by atoms with Gasteiger partial charge in [-0.2, -0.15) is 0 Å². The molecule has 1 saturated heterocycles. The van der Waals surface area contributed by atoms with E-state index in [1.807, 2.05) is 18.2 Å². The lowest BCUT2D eigenvalue weighted by molar-refractivity contribution is 0.256. The van der Waals surface area contributed by atoms with Gasteiger partial charge >= 0.3 is 6.03 Å². The summed E-state index contributed by atoms with van der Waals surface area (Å²) in [5, 5.41) is 2.93. The maximum atomic E-state index is 12.7. The molecule has 2 aromatic carbocycles. The average Bonchev–Trinajstić information content (AvgIpc) is 3.49. The van der Waals surface area contributed by atoms with Crippen molar-refractivity contribution in [2.75, 3.05) is 24.2 Å². The minimum absolute atomic E-state index is 0.0171. The zero-order valence-electron chi connectivity index (χ0n) is 18.4. The number of carbonyl (C=O) groups excluding carboxylic acids is 1. The molecule has 2 amide bonds. The number of nitrogens with one attached hydrogen (secondary N) is 2. The lowest BCUT2D eigenvalue weighted by Gasteiger charge is -2.18. The summed E-state index contributed by atoms with van der Waals surface area (Å²) in [6.07, 6.45) is 6.99. The van der Waals surface area contributed by atoms with Crippen LogP contribution in [0.25, 0.3) is 0 Å². The van der Waals surface area contributed by atoms with Crippen LogP contribution < -0.4 is 10.0 Å². The number of fused-ring (bicyclic) bond motifs is 2. The van der Waals surface area contributed by atoms with Gasteiger partial charge in [-0.15, -0.1) is 0 Å². The molecule has 0 spiro atoms. The van der Waals surface area contributed by atoms with Crippen LogP contribution >= 0.6 is 0 Å². The van der Waals surface area contributed by atoms with Crippen LogP contribution in [0, 0.1) is 5.92 Å². The van der Waals surface area contributed by atoms with Gasteiger partial charge in [-0.05, 0) is 85.2 Å². The van der Waals surface area contributed by atoms with Gasteiger partial charge < -0.3 is 5.32 Å². The molecule has 0 bridgehead atoms. The van der Waals surface area contributed by atoms with E-state index in [0.717, 1.165) is 70.3 Å². The van der Waals surface area contributed by atoms with E-state index in [1.54, 1.807) is 0 Å². The summed E-state index contributed by atoms with van der Waals surface area (Å²) < 4.78 is 27.7. The number of benzene rings is 2. The van der Waals surface area contributed by atoms with E-state index in [0.29, 0.717) is 0 Å². The van der Waals surface area contributed by atoms with Crippen LogP contribution in [0.1, 0.15) is 47.1 Å². The number of likely N-dealkylation sites (tertiary alicyclic amines) is 1. The number of urea groups is 1. The third-order valence-electron chi connectivity index (χ3n) is 7.03. The predicted octanol–water partition coefficient (Wildman–Crippen LogP) is 3.64. The lowest BCUT2D eigenvalue weighted by Crippen LogP contribution is -2.38. The Kier molecular flexibility index (Phi) is 5.95. The van der Waals surface area contributed by atoms with Gasteiger partial charge in [-0.25, -0.2) is 17.9 Å². The van der Waals surface area contributed by atoms with E-state index in [4.69, 9.17) is 0 Å². The van der Waals surface area contributed by atoms with E-state index in [1.165, 1.54) is 27.8 Å². The largest absolute Gasteiger partial charge is 0.332 e. The summed E-state index contributed by atoms with van der Waals surface area (Å²) in [6, 6.07) is 11.9. The minimum atomic E-state index is -3.70. The van der Waals surface area contributed by atoms with Gasteiger partial charge in [0.15, 0.2) is 0 Å². The number of aryl methyl sites for hydroxylation is 2. The molecule has 1 heterocycles. The Morgan fingerprint density at radius 1 is 1.00 bits per heavy atom. The van der Waals surface area contributed by atoms with Crippen molar-refractivity contribution >= 4 is 21.7 Å². The van der Waals surface area contributed by atoms with Crippen LogP contribution in [0.3, 0.4) is 0 Å². The first-order chi connectivity index (χ1) is 15.5. The highest BCUT2D eigenvalue weighted by molar-refractivity contribution is 7.90. The van der Waals surface area contributed by atoms with Crippen molar-refractivity contribution in [1.29, 1.82) is 0 Å². The number of hydrogen-bond donors (Lipinski definition) is 2. The Morgan fingerprint density at radius 3 is 2.38 bits per heavy atom. The Balaban J connectivity index is 1.19. The van der Waals surface area contributed by atoms with E-state index in [9.17, 15) is 13.2 Å². The fraction of sp³-hybridized carbons (Fsp3) is 0.480. The molecule has 1 aliphatic heterocycles. The maximum absolute atomic E-state index is 12.7. The zero-order valence-corrected chi connectivity index (χ0v) is 19.2. The van der Waals surface area contributed by atoms with Crippen molar-refractivity contribution in [1.82, 2.24) is 9.62 Å². The predicted molar refractivity (Wildman–Crippen MR) is 126 cm³/mol. The molecule has 7 heteroatoms. The monoisotopic (exact) mass is 453 g/mol. The molecule has 6 nitrogen and oxygen atoms in total. The first kappa shape index (κ1) is 21.5. The van der Waals surface area contributed by atoms with Gasteiger partial charge in [0.1, 0.15) is 0 Å². The van der Waals surface area contributed by atoms with Gasteiger partial charge in [0.25, 0.3) is 0 Å². The lowest BCUT2D eigenvalue weighted by atomic mass is 9.99. The van der Waals surface area contributed by atoms with Crippen molar-refractivity contribution in [3.05, 3.63) is 64.2 Å². The number of sulfonamides is 1. The highest BCUT2D eigenvalue weighted by Crippen LogP contribution is 2.38. The molecule has 32 heavy (non-hydrogen) atoms. The summed E-state index contributed by atoms with van der Waals surface area (Å²) in [5.74, 6) is 0.0192. The third-order valence-corrected chi connectivity index (χ3v) is 8.44. The molecule has 1 fully saturated rings. The zero-order chi connectivity index (χ0) is 22.1. The second-order valence-electron chi connectivity index (χ2n) is 9.45. The standard InChI is InChI=1S/C25H31N3O3S/c29-25(26-24-22-10-4-8-20(22)14-21-9-5-11-23(21)24)27-32(30,31)17-19-12-13-28(16-19)15-18-6-2-1-3-7-18/h1-3,6-7,14,19H,4-5,8-13,15-17H2,(H2,26,27,29). The Hall–Kier alpha value is -2.38. The first-order valence-corrected chi connectivity index (χ1v) is 13.4. The molecule has 0 aromatic heterocycles. The van der Waals surface area contributed by atoms with Crippen LogP contribution in [-0.2, 0) is 42.3 Å². The molecule has 0 radical (unpaired) electrons. The molecule has 5 rings (SSSR count). The normalized spacial score (nSPS) is 20.2. The van der Waals surface area contributed by atoms with E-state index >= 15 is 0 Å². The summed E-state index contributed by atoms with van der Waals surface area (Å²) in [7, 11) is -3.70. The molecule has 170 valence electrons. The fourth-order valence-corrected chi connectivity index (χ4v) is 6.94. The van der Waals surface area contributed by atoms with Crippen LogP contribution in [0.5, 0.6) is 0 Å². The van der Waals surface area contributed by atoms with Crippen LogP contribution in [0.4, 0.5) is 10.5 Å². The Labute approximate surface area is 190 Å². The summed E-state index contributed by atoms with van der Waals surface area (Å²) >= 11 is 0. The molecular weight excluding hydrogens is 422 g/mol. The van der Waals surface area contributed by atoms with Crippen molar-refractivity contribution in [2.45, 2.75) is 51.5 Å². The maximum Gasteiger partial charge on any atom is 0.332 e. The number of carbonyl (C=O) groups is 1. The van der Waals surface area contributed by atoms with Crippen molar-refractivity contribution < 1.29 is 13.2 Å². The first-order valence-electron chi connectivity index (χ1n) is 11.7. The average molecular weight is 454 g/mol. The highest BCUT2D eigenvalue weighted by atomic mass is 32.2. The van der Waals surface area contributed by atoms with Crippen LogP contribution in [0.2, 0.25) is 0 Å². The van der Waals surface area contributed by atoms with Crippen molar-refractivity contribution in [3.8, 4) is 0 Å². The van der Waals surface area contributed by atoms with Crippen LogP contribution in [0.15, 0.2) is 36.4 Å². The number of amides is 2. The van der Waals surface area contributed by atoms with Crippen LogP contribution in [-0.4, -0.2) is 38.2 Å². The summed E-state index contributed by atoms with van der Waals surface area (Å²) in [4.78, 5) is 15.0. The third kappa shape index (κ3) is 4.69. The molecule has 1 unspecified atom stereocenters. The van der Waals surface area contributed by atoms with Gasteiger partial charge in [0.05, 0.1) is 5.75 Å². The highest BCUT2D eigenvalue weighted by Gasteiger charge is 2.29.